The summed E-state index contributed by atoms with van der Waals surface area (Å²) < 4.78 is 5.97. The first-order valence-corrected chi connectivity index (χ1v) is 7.91. The summed E-state index contributed by atoms with van der Waals surface area (Å²) in [6.45, 7) is 9.88. The van der Waals surface area contributed by atoms with E-state index in [0.29, 0.717) is 0 Å². The molecule has 0 aliphatic carbocycles. The highest BCUT2D eigenvalue weighted by molar-refractivity contribution is 6.73. The Labute approximate surface area is 78.6 Å². The Bertz CT molecular complexity index is 100. The van der Waals surface area contributed by atoms with Crippen LogP contribution in [0.4, 0.5) is 0 Å². The van der Waals surface area contributed by atoms with Gasteiger partial charge >= 0.3 is 0 Å². The maximum Gasteiger partial charge on any atom is 0.192 e. The van der Waals surface area contributed by atoms with Crippen molar-refractivity contribution in [3.05, 3.63) is 0 Å². The van der Waals surface area contributed by atoms with Gasteiger partial charge in [-0.3, -0.25) is 0 Å². The van der Waals surface area contributed by atoms with E-state index >= 15 is 0 Å². The number of hydrogen-bond donors (Lipinski definition) is 0. The van der Waals surface area contributed by atoms with Gasteiger partial charge in [0.1, 0.15) is 0 Å². The third-order valence-corrected chi connectivity index (χ3v) is 7.47. The maximum atomic E-state index is 5.97. The van der Waals surface area contributed by atoms with Gasteiger partial charge in [-0.2, -0.15) is 0 Å². The Morgan fingerprint density at radius 3 is 1.92 bits per heavy atom. The highest BCUT2D eigenvalue weighted by Crippen LogP contribution is 2.24. The van der Waals surface area contributed by atoms with Crippen molar-refractivity contribution in [3.8, 4) is 0 Å². The molecule has 0 aromatic heterocycles. The summed E-state index contributed by atoms with van der Waals surface area (Å²) in [5, 5.41) is 0. The molecule has 0 N–H and O–H groups in total. The minimum atomic E-state index is -1.26. The Kier molecular flexibility index (Phi) is 6.77. The summed E-state index contributed by atoms with van der Waals surface area (Å²) in [7, 11) is -1.26. The van der Waals surface area contributed by atoms with Gasteiger partial charge < -0.3 is 4.43 Å². The molecule has 0 aromatic carbocycles. The van der Waals surface area contributed by atoms with Crippen LogP contribution >= 0.6 is 0 Å². The standard InChI is InChI=1S/C10H24OSi/c1-5-9-10-12(7-3,8-4)11-6-2/h5-10H2,1-4H3. The molecule has 12 heavy (non-hydrogen) atoms. The van der Waals surface area contributed by atoms with E-state index in [2.05, 4.69) is 27.7 Å². The van der Waals surface area contributed by atoms with E-state index in [1.165, 1.54) is 31.0 Å². The lowest BCUT2D eigenvalue weighted by Crippen LogP contribution is -2.36. The Balaban J connectivity index is 3.95. The third kappa shape index (κ3) is 3.72. The lowest BCUT2D eigenvalue weighted by Gasteiger charge is -2.28. The highest BCUT2D eigenvalue weighted by atomic mass is 28.4. The first kappa shape index (κ1) is 12.2. The second kappa shape index (κ2) is 6.67. The zero-order chi connectivity index (χ0) is 9.45. The molecule has 0 bridgehead atoms. The molecule has 0 rings (SSSR count). The van der Waals surface area contributed by atoms with E-state index in [9.17, 15) is 0 Å². The summed E-state index contributed by atoms with van der Waals surface area (Å²) in [5.74, 6) is 0. The van der Waals surface area contributed by atoms with E-state index in [4.69, 9.17) is 4.43 Å². The second-order valence-corrected chi connectivity index (χ2v) is 8.00. The van der Waals surface area contributed by atoms with E-state index < -0.39 is 8.32 Å². The van der Waals surface area contributed by atoms with Gasteiger partial charge in [0.05, 0.1) is 0 Å². The molecule has 2 heteroatoms. The fourth-order valence-corrected chi connectivity index (χ4v) is 5.05. The predicted molar refractivity (Wildman–Crippen MR) is 58.1 cm³/mol. The van der Waals surface area contributed by atoms with Crippen molar-refractivity contribution in [1.29, 1.82) is 0 Å². The van der Waals surface area contributed by atoms with Gasteiger partial charge in [0, 0.05) is 6.61 Å². The lowest BCUT2D eigenvalue weighted by atomic mass is 10.4. The van der Waals surface area contributed by atoms with Crippen molar-refractivity contribution >= 4 is 8.32 Å². The van der Waals surface area contributed by atoms with Gasteiger partial charge in [-0.15, -0.1) is 0 Å². The Morgan fingerprint density at radius 1 is 1.00 bits per heavy atom. The van der Waals surface area contributed by atoms with E-state index in [1.807, 2.05) is 0 Å². The van der Waals surface area contributed by atoms with Crippen molar-refractivity contribution < 1.29 is 4.43 Å². The largest absolute Gasteiger partial charge is 0.417 e. The molecule has 0 radical (unpaired) electrons. The average molecular weight is 188 g/mol. The van der Waals surface area contributed by atoms with Crippen LogP contribution in [0.2, 0.25) is 18.1 Å². The first-order valence-electron chi connectivity index (χ1n) is 5.38. The van der Waals surface area contributed by atoms with Gasteiger partial charge in [-0.25, -0.2) is 0 Å². The van der Waals surface area contributed by atoms with Crippen molar-refractivity contribution in [1.82, 2.24) is 0 Å². The molecule has 0 fully saturated rings. The molecule has 0 aliphatic rings. The van der Waals surface area contributed by atoms with Crippen LogP contribution in [0.1, 0.15) is 40.5 Å². The zero-order valence-electron chi connectivity index (χ0n) is 9.15. The Hall–Kier alpha value is 0.177. The van der Waals surface area contributed by atoms with Gasteiger partial charge in [0.2, 0.25) is 0 Å². The molecule has 0 atom stereocenters. The molecule has 1 nitrogen and oxygen atoms in total. The topological polar surface area (TPSA) is 9.23 Å². The van der Waals surface area contributed by atoms with Gasteiger partial charge in [-0.05, 0) is 25.1 Å². The zero-order valence-corrected chi connectivity index (χ0v) is 10.2. The summed E-state index contributed by atoms with van der Waals surface area (Å²) >= 11 is 0. The van der Waals surface area contributed by atoms with Crippen LogP contribution in [0.25, 0.3) is 0 Å². The van der Waals surface area contributed by atoms with Crippen LogP contribution in [-0.4, -0.2) is 14.9 Å². The van der Waals surface area contributed by atoms with Crippen molar-refractivity contribution in [3.63, 3.8) is 0 Å². The molecular weight excluding hydrogens is 164 g/mol. The van der Waals surface area contributed by atoms with E-state index in [-0.39, 0.29) is 0 Å². The molecule has 0 saturated heterocycles. The lowest BCUT2D eigenvalue weighted by molar-refractivity contribution is 0.319. The fraction of sp³-hybridized carbons (Fsp3) is 1.00. The quantitative estimate of drug-likeness (QED) is 0.552. The molecule has 74 valence electrons. The van der Waals surface area contributed by atoms with Gasteiger partial charge in [-0.1, -0.05) is 33.6 Å². The van der Waals surface area contributed by atoms with Crippen LogP contribution < -0.4 is 0 Å². The Morgan fingerprint density at radius 2 is 1.58 bits per heavy atom. The predicted octanol–water partition coefficient (Wildman–Crippen LogP) is 3.81. The van der Waals surface area contributed by atoms with Crippen LogP contribution in [0.15, 0.2) is 0 Å². The molecule has 0 spiro atoms. The highest BCUT2D eigenvalue weighted by Gasteiger charge is 2.29. The molecule has 0 amide bonds. The number of unbranched alkanes of at least 4 members (excludes halogenated alkanes) is 1. The van der Waals surface area contributed by atoms with Crippen molar-refractivity contribution in [2.45, 2.75) is 58.7 Å². The molecule has 0 saturated carbocycles. The van der Waals surface area contributed by atoms with Gasteiger partial charge in [0.25, 0.3) is 0 Å². The first-order chi connectivity index (χ1) is 5.74. The summed E-state index contributed by atoms with van der Waals surface area (Å²) in [5.41, 5.74) is 0. The van der Waals surface area contributed by atoms with Crippen LogP contribution in [0, 0.1) is 0 Å². The average Bonchev–Trinajstić information content (AvgIpc) is 2.13. The summed E-state index contributed by atoms with van der Waals surface area (Å²) in [4.78, 5) is 0. The van der Waals surface area contributed by atoms with E-state index in [1.54, 1.807) is 0 Å². The van der Waals surface area contributed by atoms with Crippen LogP contribution in [-0.2, 0) is 4.43 Å². The van der Waals surface area contributed by atoms with Crippen LogP contribution in [0.3, 0.4) is 0 Å². The fourth-order valence-electron chi connectivity index (χ4n) is 1.68. The minimum Gasteiger partial charge on any atom is -0.417 e. The van der Waals surface area contributed by atoms with Crippen molar-refractivity contribution in [2.75, 3.05) is 6.61 Å². The smallest absolute Gasteiger partial charge is 0.192 e. The minimum absolute atomic E-state index is 0.914. The molecular formula is C10H24OSi. The molecule has 0 unspecified atom stereocenters. The summed E-state index contributed by atoms with van der Waals surface area (Å²) in [6.07, 6.45) is 2.66. The van der Waals surface area contributed by atoms with Gasteiger partial charge in [0.15, 0.2) is 8.32 Å². The SMILES string of the molecule is CCCC[Si](CC)(CC)OCC. The second-order valence-electron chi connectivity index (χ2n) is 3.43. The summed E-state index contributed by atoms with van der Waals surface area (Å²) in [6, 6.07) is 3.94. The van der Waals surface area contributed by atoms with Crippen LogP contribution in [0.5, 0.6) is 0 Å². The maximum absolute atomic E-state index is 5.97. The van der Waals surface area contributed by atoms with E-state index in [0.717, 1.165) is 6.61 Å². The molecule has 0 aliphatic heterocycles. The number of rotatable bonds is 7. The molecule has 0 heterocycles. The monoisotopic (exact) mass is 188 g/mol. The third-order valence-electron chi connectivity index (χ3n) is 2.73. The molecule has 0 aromatic rings. The van der Waals surface area contributed by atoms with Crippen molar-refractivity contribution in [2.24, 2.45) is 0 Å². The normalized spacial score (nSPS) is 12.0. The number of hydrogen-bond acceptors (Lipinski definition) is 1.